The molecule has 0 unspecified atom stereocenters. The van der Waals surface area contributed by atoms with Crippen LogP contribution in [0.5, 0.6) is 0 Å². The normalized spacial score (nSPS) is 17.1. The van der Waals surface area contributed by atoms with Crippen molar-refractivity contribution in [1.29, 1.82) is 0 Å². The third kappa shape index (κ3) is 4.06. The van der Waals surface area contributed by atoms with Crippen molar-refractivity contribution in [3.63, 3.8) is 0 Å². The van der Waals surface area contributed by atoms with Crippen molar-refractivity contribution in [2.45, 2.75) is 33.6 Å². The van der Waals surface area contributed by atoms with E-state index in [1.54, 1.807) is 11.9 Å². The number of ether oxygens (including phenoxy) is 1. The summed E-state index contributed by atoms with van der Waals surface area (Å²) in [4.78, 5) is 11.6. The van der Waals surface area contributed by atoms with Crippen LogP contribution in [0.25, 0.3) is 0 Å². The molecule has 19 heavy (non-hydrogen) atoms. The summed E-state index contributed by atoms with van der Waals surface area (Å²) in [5.41, 5.74) is 1.38. The smallest absolute Gasteiger partial charge is 0.354 e. The van der Waals surface area contributed by atoms with Gasteiger partial charge in [0.2, 0.25) is 0 Å². The quantitative estimate of drug-likeness (QED) is 0.726. The van der Waals surface area contributed by atoms with E-state index in [4.69, 9.17) is 4.74 Å². The van der Waals surface area contributed by atoms with Gasteiger partial charge in [-0.25, -0.2) is 9.80 Å². The zero-order valence-electron chi connectivity index (χ0n) is 11.5. The standard InChI is InChI=1S/C12H13BrN2O2.C2H6/c1-2-17-12(16)10-8-9(13)11-6-4-3-5-7-15(11)14-10;1-2/h4-7H,2-3,8H2,1H3;1-2H3. The number of rotatable bonds is 2. The number of carbonyl (C=O) groups excluding carboxylic acids is 1. The summed E-state index contributed by atoms with van der Waals surface area (Å²) in [7, 11) is 0. The van der Waals surface area contributed by atoms with Crippen LogP contribution in [0.2, 0.25) is 0 Å². The maximum atomic E-state index is 11.6. The summed E-state index contributed by atoms with van der Waals surface area (Å²) in [6.07, 6.45) is 9.23. The second-order valence-electron chi connectivity index (χ2n) is 3.60. The lowest BCUT2D eigenvalue weighted by Gasteiger charge is -2.23. The first-order chi connectivity index (χ1) is 9.22. The number of hydrazone groups is 1. The van der Waals surface area contributed by atoms with E-state index in [-0.39, 0.29) is 5.97 Å². The van der Waals surface area contributed by atoms with Gasteiger partial charge in [-0.15, -0.1) is 0 Å². The topological polar surface area (TPSA) is 41.9 Å². The minimum Gasteiger partial charge on any atom is -0.461 e. The summed E-state index contributed by atoms with van der Waals surface area (Å²) in [5.74, 6) is -0.356. The third-order valence-corrected chi connectivity index (χ3v) is 3.07. The molecule has 104 valence electrons. The van der Waals surface area contributed by atoms with Crippen LogP contribution in [0.4, 0.5) is 0 Å². The molecule has 0 radical (unpaired) electrons. The van der Waals surface area contributed by atoms with Crippen LogP contribution in [0, 0.1) is 0 Å². The van der Waals surface area contributed by atoms with Gasteiger partial charge in [-0.05, 0) is 19.4 Å². The van der Waals surface area contributed by atoms with Crippen LogP contribution in [0.3, 0.4) is 0 Å². The van der Waals surface area contributed by atoms with E-state index in [9.17, 15) is 4.79 Å². The van der Waals surface area contributed by atoms with Gasteiger partial charge >= 0.3 is 5.97 Å². The Morgan fingerprint density at radius 3 is 2.89 bits per heavy atom. The van der Waals surface area contributed by atoms with Crippen molar-refractivity contribution in [1.82, 2.24) is 5.01 Å². The molecule has 4 nitrogen and oxygen atoms in total. The zero-order valence-corrected chi connectivity index (χ0v) is 13.1. The zero-order chi connectivity index (χ0) is 14.3. The van der Waals surface area contributed by atoms with E-state index in [1.165, 1.54) is 0 Å². The fourth-order valence-corrected chi connectivity index (χ4v) is 2.19. The molecule has 0 amide bonds. The lowest BCUT2D eigenvalue weighted by Crippen LogP contribution is -2.26. The first-order valence-corrected chi connectivity index (χ1v) is 7.27. The highest BCUT2D eigenvalue weighted by atomic mass is 79.9. The molecule has 2 heterocycles. The van der Waals surface area contributed by atoms with Gasteiger partial charge in [0.1, 0.15) is 0 Å². The lowest BCUT2D eigenvalue weighted by atomic mass is 10.2. The van der Waals surface area contributed by atoms with Gasteiger partial charge in [0, 0.05) is 17.1 Å². The number of esters is 1. The molecular weight excluding hydrogens is 308 g/mol. The van der Waals surface area contributed by atoms with Crippen molar-refractivity contribution in [2.24, 2.45) is 5.10 Å². The molecule has 0 aromatic carbocycles. The number of halogens is 1. The fourth-order valence-electron chi connectivity index (χ4n) is 1.61. The number of allylic oxidation sites excluding steroid dienone is 4. The number of hydrogen-bond acceptors (Lipinski definition) is 4. The molecule has 5 heteroatoms. The minimum absolute atomic E-state index is 0.356. The maximum absolute atomic E-state index is 11.6. The van der Waals surface area contributed by atoms with E-state index in [0.29, 0.717) is 18.7 Å². The van der Waals surface area contributed by atoms with Crippen molar-refractivity contribution in [2.75, 3.05) is 6.61 Å². The highest BCUT2D eigenvalue weighted by molar-refractivity contribution is 9.11. The largest absolute Gasteiger partial charge is 0.461 e. The maximum Gasteiger partial charge on any atom is 0.354 e. The molecule has 0 saturated carbocycles. The Labute approximate surface area is 122 Å². The summed E-state index contributed by atoms with van der Waals surface area (Å²) in [5, 5.41) is 5.98. The Hall–Kier alpha value is -1.36. The van der Waals surface area contributed by atoms with Gasteiger partial charge in [0.25, 0.3) is 0 Å². The Bertz CT molecular complexity index is 450. The molecule has 0 fully saturated rings. The molecular formula is C14H19BrN2O2. The van der Waals surface area contributed by atoms with Crippen LogP contribution in [-0.2, 0) is 9.53 Å². The van der Waals surface area contributed by atoms with Crippen LogP contribution >= 0.6 is 15.9 Å². The summed E-state index contributed by atoms with van der Waals surface area (Å²) >= 11 is 3.49. The Balaban J connectivity index is 0.000000861. The van der Waals surface area contributed by atoms with Crippen molar-refractivity contribution in [3.8, 4) is 0 Å². The van der Waals surface area contributed by atoms with Crippen LogP contribution < -0.4 is 0 Å². The molecule has 0 aromatic rings. The Morgan fingerprint density at radius 1 is 1.47 bits per heavy atom. The molecule has 2 rings (SSSR count). The van der Waals surface area contributed by atoms with E-state index in [2.05, 4.69) is 27.1 Å². The van der Waals surface area contributed by atoms with E-state index < -0.39 is 0 Å². The first kappa shape index (κ1) is 15.7. The molecule has 0 N–H and O–H groups in total. The average Bonchev–Trinajstić information content (AvgIpc) is 2.67. The second-order valence-corrected chi connectivity index (χ2v) is 4.56. The minimum atomic E-state index is -0.356. The number of hydrogen-bond donors (Lipinski definition) is 0. The highest BCUT2D eigenvalue weighted by Crippen LogP contribution is 2.28. The van der Waals surface area contributed by atoms with E-state index >= 15 is 0 Å². The summed E-state index contributed by atoms with van der Waals surface area (Å²) in [6, 6.07) is 0. The Kier molecular flexibility index (Phi) is 6.56. The van der Waals surface area contributed by atoms with Crippen molar-refractivity contribution >= 4 is 27.6 Å². The number of nitrogens with zero attached hydrogens (tertiary/aromatic N) is 2. The predicted molar refractivity (Wildman–Crippen MR) is 80.7 cm³/mol. The Morgan fingerprint density at radius 2 is 2.21 bits per heavy atom. The SMILES string of the molecule is CC.CCOC(=O)C1=NN2C=CCC=CC2=C(Br)C1. The summed E-state index contributed by atoms with van der Waals surface area (Å²) in [6.45, 7) is 6.15. The van der Waals surface area contributed by atoms with Gasteiger partial charge in [-0.1, -0.05) is 41.9 Å². The van der Waals surface area contributed by atoms with Crippen LogP contribution in [-0.4, -0.2) is 23.3 Å². The molecule has 2 aliphatic rings. The monoisotopic (exact) mass is 326 g/mol. The number of fused-ring (bicyclic) bond motifs is 1. The van der Waals surface area contributed by atoms with Gasteiger partial charge in [-0.2, -0.15) is 5.10 Å². The van der Waals surface area contributed by atoms with E-state index in [1.807, 2.05) is 32.2 Å². The predicted octanol–water partition coefficient (Wildman–Crippen LogP) is 3.72. The highest BCUT2D eigenvalue weighted by Gasteiger charge is 2.23. The van der Waals surface area contributed by atoms with Crippen LogP contribution in [0.15, 0.2) is 39.7 Å². The fraction of sp³-hybridized carbons (Fsp3) is 0.429. The van der Waals surface area contributed by atoms with Gasteiger partial charge < -0.3 is 4.74 Å². The van der Waals surface area contributed by atoms with E-state index in [0.717, 1.165) is 16.6 Å². The van der Waals surface area contributed by atoms with Gasteiger partial charge in [0.15, 0.2) is 5.71 Å². The number of carbonyl (C=O) groups is 1. The molecule has 2 aliphatic heterocycles. The molecule has 0 aliphatic carbocycles. The second kappa shape index (κ2) is 7.94. The molecule has 0 aromatic heterocycles. The molecule has 0 spiro atoms. The molecule has 0 atom stereocenters. The van der Waals surface area contributed by atoms with Crippen molar-refractivity contribution in [3.05, 3.63) is 34.6 Å². The van der Waals surface area contributed by atoms with Gasteiger partial charge in [-0.3, -0.25) is 0 Å². The van der Waals surface area contributed by atoms with Crippen LogP contribution in [0.1, 0.15) is 33.6 Å². The average molecular weight is 327 g/mol. The van der Waals surface area contributed by atoms with Gasteiger partial charge in [0.05, 0.1) is 12.3 Å². The molecule has 0 saturated heterocycles. The van der Waals surface area contributed by atoms with Crippen molar-refractivity contribution < 1.29 is 9.53 Å². The first-order valence-electron chi connectivity index (χ1n) is 6.48. The lowest BCUT2D eigenvalue weighted by molar-refractivity contribution is -0.135. The third-order valence-electron chi connectivity index (χ3n) is 2.38. The summed E-state index contributed by atoms with van der Waals surface area (Å²) < 4.78 is 5.90. The molecule has 0 bridgehead atoms.